The number of nitrogens with one attached hydrogen (secondary N) is 1. The first kappa shape index (κ1) is 13.6. The molecular weight excluding hydrogens is 266 g/mol. The minimum atomic E-state index is 0.379. The molecule has 1 aromatic heterocycles. The Morgan fingerprint density at radius 1 is 1.10 bits per heavy atom. The van der Waals surface area contributed by atoms with E-state index in [4.69, 9.17) is 5.84 Å². The molecule has 0 saturated carbocycles. The van der Waals surface area contributed by atoms with Crippen molar-refractivity contribution in [3.63, 3.8) is 0 Å². The van der Waals surface area contributed by atoms with Crippen molar-refractivity contribution >= 4 is 23.5 Å². The summed E-state index contributed by atoms with van der Waals surface area (Å²) in [6.07, 6.45) is 2.34. The summed E-state index contributed by atoms with van der Waals surface area (Å²) in [6.45, 7) is 1.95. The van der Waals surface area contributed by atoms with Crippen molar-refractivity contribution in [1.29, 1.82) is 0 Å². The summed E-state index contributed by atoms with van der Waals surface area (Å²) in [5.74, 6) is 7.11. The van der Waals surface area contributed by atoms with Crippen molar-refractivity contribution in [2.45, 2.75) is 12.8 Å². The molecule has 7 heteroatoms. The number of benzene rings is 1. The molecule has 2 aromatic rings. The highest BCUT2D eigenvalue weighted by Crippen LogP contribution is 2.24. The number of hydrogen-bond donors (Lipinski definition) is 2. The molecule has 0 atom stereocenters. The van der Waals surface area contributed by atoms with Gasteiger partial charge in [0, 0.05) is 25.8 Å². The van der Waals surface area contributed by atoms with Gasteiger partial charge in [0.1, 0.15) is 0 Å². The largest absolute Gasteiger partial charge is 0.341 e. The van der Waals surface area contributed by atoms with Gasteiger partial charge in [0.2, 0.25) is 17.8 Å². The Morgan fingerprint density at radius 2 is 1.81 bits per heavy atom. The average Bonchev–Trinajstić information content (AvgIpc) is 3.09. The Hall–Kier alpha value is -2.41. The van der Waals surface area contributed by atoms with E-state index in [2.05, 4.69) is 25.3 Å². The van der Waals surface area contributed by atoms with Crippen molar-refractivity contribution in [3.05, 3.63) is 30.3 Å². The van der Waals surface area contributed by atoms with Crippen LogP contribution in [0, 0.1) is 0 Å². The quantitative estimate of drug-likeness (QED) is 0.651. The molecule has 0 unspecified atom stereocenters. The molecule has 1 aliphatic heterocycles. The molecule has 0 radical (unpaired) electrons. The molecule has 0 aliphatic carbocycles. The fraction of sp³-hybridized carbons (Fsp3) is 0.357. The second-order valence-electron chi connectivity index (χ2n) is 4.99. The van der Waals surface area contributed by atoms with E-state index in [-0.39, 0.29) is 0 Å². The van der Waals surface area contributed by atoms with Crippen LogP contribution >= 0.6 is 0 Å². The van der Waals surface area contributed by atoms with Gasteiger partial charge in [0.25, 0.3) is 0 Å². The lowest BCUT2D eigenvalue weighted by molar-refractivity contribution is 0.870. The van der Waals surface area contributed by atoms with Crippen LogP contribution in [0.5, 0.6) is 0 Å². The second kappa shape index (κ2) is 5.92. The fourth-order valence-corrected chi connectivity index (χ4v) is 2.39. The van der Waals surface area contributed by atoms with Crippen LogP contribution in [0.2, 0.25) is 0 Å². The maximum Gasteiger partial charge on any atom is 0.243 e. The van der Waals surface area contributed by atoms with Crippen molar-refractivity contribution < 1.29 is 0 Å². The van der Waals surface area contributed by atoms with E-state index in [1.165, 1.54) is 12.8 Å². The minimum absolute atomic E-state index is 0.379. The van der Waals surface area contributed by atoms with Crippen molar-refractivity contribution in [2.24, 2.45) is 5.84 Å². The smallest absolute Gasteiger partial charge is 0.243 e. The summed E-state index contributed by atoms with van der Waals surface area (Å²) in [4.78, 5) is 17.3. The molecule has 1 aliphatic rings. The van der Waals surface area contributed by atoms with Gasteiger partial charge in [-0.2, -0.15) is 15.0 Å². The molecule has 7 nitrogen and oxygen atoms in total. The third kappa shape index (κ3) is 2.87. The summed E-state index contributed by atoms with van der Waals surface area (Å²) in [5, 5.41) is 0. The normalized spacial score (nSPS) is 14.3. The number of nitrogens with two attached hydrogens (primary N) is 1. The van der Waals surface area contributed by atoms with Gasteiger partial charge in [-0.05, 0) is 25.0 Å². The Labute approximate surface area is 123 Å². The number of hydrogen-bond acceptors (Lipinski definition) is 7. The molecule has 1 saturated heterocycles. The van der Waals surface area contributed by atoms with Crippen LogP contribution in [-0.4, -0.2) is 35.1 Å². The Bertz CT molecular complexity index is 596. The summed E-state index contributed by atoms with van der Waals surface area (Å²) in [5.41, 5.74) is 3.54. The van der Waals surface area contributed by atoms with Gasteiger partial charge in [0.05, 0.1) is 0 Å². The number of nitrogen functional groups attached to an aromatic ring is 1. The lowest BCUT2D eigenvalue weighted by Crippen LogP contribution is -2.24. The van der Waals surface area contributed by atoms with Crippen molar-refractivity contribution in [2.75, 3.05) is 35.4 Å². The summed E-state index contributed by atoms with van der Waals surface area (Å²) in [6, 6.07) is 9.96. The lowest BCUT2D eigenvalue weighted by atomic mass is 10.3. The number of hydrazine groups is 1. The maximum absolute atomic E-state index is 5.49. The van der Waals surface area contributed by atoms with Crippen molar-refractivity contribution in [3.8, 4) is 0 Å². The van der Waals surface area contributed by atoms with Crippen LogP contribution in [0.25, 0.3) is 0 Å². The predicted octanol–water partition coefficient (Wildman–Crippen LogP) is 1.53. The zero-order valence-electron chi connectivity index (χ0n) is 12.0. The summed E-state index contributed by atoms with van der Waals surface area (Å²) >= 11 is 0. The molecule has 0 spiro atoms. The first-order valence-electron chi connectivity index (χ1n) is 7.04. The number of aromatic nitrogens is 3. The van der Waals surface area contributed by atoms with E-state index in [0.29, 0.717) is 17.8 Å². The third-order valence-corrected chi connectivity index (χ3v) is 3.57. The van der Waals surface area contributed by atoms with Crippen LogP contribution in [0.4, 0.5) is 23.5 Å². The van der Waals surface area contributed by atoms with Gasteiger partial charge in [-0.3, -0.25) is 5.43 Å². The van der Waals surface area contributed by atoms with E-state index in [9.17, 15) is 0 Å². The Balaban J connectivity index is 1.95. The van der Waals surface area contributed by atoms with Gasteiger partial charge in [-0.15, -0.1) is 0 Å². The van der Waals surface area contributed by atoms with Crippen LogP contribution < -0.4 is 21.1 Å². The first-order chi connectivity index (χ1) is 10.3. The molecule has 1 fully saturated rings. The summed E-state index contributed by atoms with van der Waals surface area (Å²) < 4.78 is 0. The van der Waals surface area contributed by atoms with E-state index in [1.54, 1.807) is 0 Å². The number of para-hydroxylation sites is 1. The molecule has 110 valence electrons. The average molecular weight is 285 g/mol. The fourth-order valence-electron chi connectivity index (χ4n) is 2.39. The van der Waals surface area contributed by atoms with E-state index < -0.39 is 0 Å². The van der Waals surface area contributed by atoms with Gasteiger partial charge in [-0.25, -0.2) is 5.84 Å². The highest BCUT2D eigenvalue weighted by Gasteiger charge is 2.18. The molecule has 2 heterocycles. The monoisotopic (exact) mass is 285 g/mol. The zero-order valence-corrected chi connectivity index (χ0v) is 12.0. The topological polar surface area (TPSA) is 83.2 Å². The highest BCUT2D eigenvalue weighted by atomic mass is 15.4. The number of rotatable bonds is 4. The minimum Gasteiger partial charge on any atom is -0.341 e. The molecule has 3 rings (SSSR count). The molecule has 0 amide bonds. The van der Waals surface area contributed by atoms with Gasteiger partial charge in [-0.1, -0.05) is 18.2 Å². The third-order valence-electron chi connectivity index (χ3n) is 3.57. The van der Waals surface area contributed by atoms with Crippen LogP contribution in [0.15, 0.2) is 30.3 Å². The predicted molar refractivity (Wildman–Crippen MR) is 83.6 cm³/mol. The highest BCUT2D eigenvalue weighted by molar-refractivity contribution is 5.58. The second-order valence-corrected chi connectivity index (χ2v) is 4.99. The van der Waals surface area contributed by atoms with Gasteiger partial charge in [0.15, 0.2) is 0 Å². The molecule has 0 bridgehead atoms. The van der Waals surface area contributed by atoms with Crippen LogP contribution in [-0.2, 0) is 0 Å². The van der Waals surface area contributed by atoms with E-state index in [0.717, 1.165) is 18.8 Å². The van der Waals surface area contributed by atoms with Crippen LogP contribution in [0.3, 0.4) is 0 Å². The maximum atomic E-state index is 5.49. The van der Waals surface area contributed by atoms with E-state index >= 15 is 0 Å². The van der Waals surface area contributed by atoms with Gasteiger partial charge >= 0.3 is 0 Å². The molecular formula is C14H19N7. The first-order valence-corrected chi connectivity index (χ1v) is 7.04. The SMILES string of the molecule is CN(c1ccccc1)c1nc(NN)nc(N2CCCC2)n1. The molecule has 1 aromatic carbocycles. The Kier molecular flexibility index (Phi) is 3.83. The van der Waals surface area contributed by atoms with Gasteiger partial charge < -0.3 is 9.80 Å². The number of nitrogens with zero attached hydrogens (tertiary/aromatic N) is 5. The Morgan fingerprint density at radius 3 is 2.48 bits per heavy atom. The zero-order chi connectivity index (χ0) is 14.7. The standard InChI is InChI=1S/C14H19N7/c1-20(11-7-3-2-4-8-11)13-16-12(19-15)17-14(18-13)21-9-5-6-10-21/h2-4,7-8H,5-6,9-10,15H2,1H3,(H,16,17,18,19). The van der Waals surface area contributed by atoms with E-state index in [1.807, 2.05) is 42.3 Å². The van der Waals surface area contributed by atoms with Crippen LogP contribution in [0.1, 0.15) is 12.8 Å². The lowest BCUT2D eigenvalue weighted by Gasteiger charge is -2.21. The molecule has 3 N–H and O–H groups in total. The molecule has 21 heavy (non-hydrogen) atoms. The number of anilines is 4. The van der Waals surface area contributed by atoms with Crippen molar-refractivity contribution in [1.82, 2.24) is 15.0 Å². The summed E-state index contributed by atoms with van der Waals surface area (Å²) in [7, 11) is 1.93.